The third-order valence-corrected chi connectivity index (χ3v) is 3.50. The van der Waals surface area contributed by atoms with E-state index in [1.807, 2.05) is 32.2 Å². The van der Waals surface area contributed by atoms with Gasteiger partial charge in [0.25, 0.3) is 0 Å². The number of carbonyl (C=O) groups excluding carboxylic acids is 1. The molecule has 0 saturated carbocycles. The first kappa shape index (κ1) is 13.9. The zero-order chi connectivity index (χ0) is 13.7. The van der Waals surface area contributed by atoms with Crippen LogP contribution >= 0.6 is 0 Å². The van der Waals surface area contributed by atoms with E-state index in [4.69, 9.17) is 4.74 Å². The molecule has 19 heavy (non-hydrogen) atoms. The molecule has 0 radical (unpaired) electrons. The van der Waals surface area contributed by atoms with Crippen LogP contribution in [0.4, 0.5) is 5.69 Å². The Bertz CT molecular complexity index is 434. The molecule has 0 spiro atoms. The lowest BCUT2D eigenvalue weighted by Crippen LogP contribution is -2.43. The number of anilines is 1. The molecular weight excluding hydrogens is 240 g/mol. The van der Waals surface area contributed by atoms with Crippen LogP contribution in [0.3, 0.4) is 0 Å². The van der Waals surface area contributed by atoms with Crippen LogP contribution in [-0.4, -0.2) is 43.7 Å². The highest BCUT2D eigenvalue weighted by molar-refractivity contribution is 5.85. The van der Waals surface area contributed by atoms with Crippen molar-refractivity contribution in [2.24, 2.45) is 0 Å². The highest BCUT2D eigenvalue weighted by Gasteiger charge is 2.25. The third kappa shape index (κ3) is 3.47. The van der Waals surface area contributed by atoms with Gasteiger partial charge in [0, 0.05) is 25.9 Å². The van der Waals surface area contributed by atoms with Crippen LogP contribution in [0.1, 0.15) is 18.9 Å². The number of rotatable bonds is 5. The summed E-state index contributed by atoms with van der Waals surface area (Å²) in [4.78, 5) is 14.1. The van der Waals surface area contributed by atoms with Crippen molar-refractivity contribution in [1.29, 1.82) is 0 Å². The van der Waals surface area contributed by atoms with Gasteiger partial charge in [-0.05, 0) is 31.4 Å². The van der Waals surface area contributed by atoms with Gasteiger partial charge in [0.2, 0.25) is 5.91 Å². The van der Waals surface area contributed by atoms with Crippen molar-refractivity contribution in [2.45, 2.75) is 25.8 Å². The summed E-state index contributed by atoms with van der Waals surface area (Å²) in [5, 5.41) is 3.34. The molecule has 2 rings (SSSR count). The number of nitrogens with zero attached hydrogens (tertiary/aromatic N) is 1. The number of amides is 1. The summed E-state index contributed by atoms with van der Waals surface area (Å²) in [6.45, 7) is 3.90. The molecule has 0 aromatic heterocycles. The van der Waals surface area contributed by atoms with Gasteiger partial charge >= 0.3 is 0 Å². The van der Waals surface area contributed by atoms with E-state index in [0.29, 0.717) is 19.8 Å². The Morgan fingerprint density at radius 2 is 2.26 bits per heavy atom. The molecule has 1 aromatic carbocycles. The number of hydrogen-bond donors (Lipinski definition) is 1. The van der Waals surface area contributed by atoms with E-state index in [2.05, 4.69) is 11.4 Å². The van der Waals surface area contributed by atoms with E-state index in [9.17, 15) is 4.79 Å². The smallest absolute Gasteiger partial charge is 0.244 e. The summed E-state index contributed by atoms with van der Waals surface area (Å²) < 4.78 is 5.28. The minimum Gasteiger partial charge on any atom is -0.380 e. The fourth-order valence-electron chi connectivity index (χ4n) is 2.35. The number of ether oxygens (including phenoxy) is 1. The monoisotopic (exact) mass is 262 g/mol. The second kappa shape index (κ2) is 6.57. The van der Waals surface area contributed by atoms with Crippen LogP contribution in [0.25, 0.3) is 0 Å². The summed E-state index contributed by atoms with van der Waals surface area (Å²) in [6, 6.07) is 8.08. The normalized spacial score (nSPS) is 17.5. The van der Waals surface area contributed by atoms with Gasteiger partial charge in [-0.3, -0.25) is 4.79 Å². The zero-order valence-electron chi connectivity index (χ0n) is 11.7. The molecule has 1 aliphatic heterocycles. The van der Waals surface area contributed by atoms with E-state index in [-0.39, 0.29) is 11.9 Å². The molecule has 1 aromatic rings. The largest absolute Gasteiger partial charge is 0.380 e. The fraction of sp³-hybridized carbons (Fsp3) is 0.533. The Labute approximate surface area is 114 Å². The zero-order valence-corrected chi connectivity index (χ0v) is 11.7. The Morgan fingerprint density at radius 1 is 1.47 bits per heavy atom. The number of nitrogens with one attached hydrogen (secondary N) is 1. The lowest BCUT2D eigenvalue weighted by atomic mass is 9.97. The summed E-state index contributed by atoms with van der Waals surface area (Å²) in [7, 11) is 1.84. The molecule has 0 bridgehead atoms. The molecule has 0 aliphatic carbocycles. The van der Waals surface area contributed by atoms with Crippen LogP contribution in [0, 0.1) is 0 Å². The van der Waals surface area contributed by atoms with Crippen molar-refractivity contribution in [1.82, 2.24) is 4.90 Å². The van der Waals surface area contributed by atoms with Crippen molar-refractivity contribution >= 4 is 11.6 Å². The molecule has 1 amide bonds. The summed E-state index contributed by atoms with van der Waals surface area (Å²) >= 11 is 0. The van der Waals surface area contributed by atoms with Gasteiger partial charge < -0.3 is 15.0 Å². The minimum absolute atomic E-state index is 0.110. The first-order valence-corrected chi connectivity index (χ1v) is 6.89. The first-order chi connectivity index (χ1) is 9.22. The van der Waals surface area contributed by atoms with Crippen LogP contribution in [0.5, 0.6) is 0 Å². The Morgan fingerprint density at radius 3 is 3.05 bits per heavy atom. The Balaban J connectivity index is 1.91. The van der Waals surface area contributed by atoms with Crippen LogP contribution in [-0.2, 0) is 16.0 Å². The van der Waals surface area contributed by atoms with Crippen LogP contribution < -0.4 is 5.32 Å². The van der Waals surface area contributed by atoms with Gasteiger partial charge in [0.1, 0.15) is 6.04 Å². The molecule has 1 aliphatic rings. The van der Waals surface area contributed by atoms with Gasteiger partial charge in [-0.2, -0.15) is 0 Å². The van der Waals surface area contributed by atoms with Gasteiger partial charge in [-0.15, -0.1) is 0 Å². The van der Waals surface area contributed by atoms with Crippen molar-refractivity contribution in [3.05, 3.63) is 29.8 Å². The topological polar surface area (TPSA) is 41.6 Å². The van der Waals surface area contributed by atoms with E-state index in [1.165, 1.54) is 5.56 Å². The molecular formula is C15H22N2O2. The van der Waals surface area contributed by atoms with Crippen molar-refractivity contribution < 1.29 is 9.53 Å². The molecule has 4 nitrogen and oxygen atoms in total. The van der Waals surface area contributed by atoms with Gasteiger partial charge in [-0.25, -0.2) is 0 Å². The maximum Gasteiger partial charge on any atom is 0.244 e. The van der Waals surface area contributed by atoms with Gasteiger partial charge in [0.15, 0.2) is 0 Å². The van der Waals surface area contributed by atoms with E-state index < -0.39 is 0 Å². The molecule has 104 valence electrons. The SMILES string of the molecule is CCOCCN(C)C(=O)C1CCc2ccccc2N1. The number of fused-ring (bicyclic) bond motifs is 1. The average molecular weight is 262 g/mol. The van der Waals surface area contributed by atoms with Crippen LogP contribution in [0.2, 0.25) is 0 Å². The molecule has 1 atom stereocenters. The van der Waals surface area contributed by atoms with Gasteiger partial charge in [-0.1, -0.05) is 18.2 Å². The van der Waals surface area contributed by atoms with E-state index in [0.717, 1.165) is 18.5 Å². The number of aryl methyl sites for hydroxylation is 1. The number of para-hydroxylation sites is 1. The van der Waals surface area contributed by atoms with Crippen molar-refractivity contribution in [3.8, 4) is 0 Å². The molecule has 1 heterocycles. The second-order valence-corrected chi connectivity index (χ2v) is 4.85. The number of likely N-dealkylation sites (N-methyl/N-ethyl adjacent to an activating group) is 1. The standard InChI is InChI=1S/C15H22N2O2/c1-3-19-11-10-17(2)15(18)14-9-8-12-6-4-5-7-13(12)16-14/h4-7,14,16H,3,8-11H2,1-2H3. The Kier molecular flexibility index (Phi) is 4.80. The second-order valence-electron chi connectivity index (χ2n) is 4.85. The molecule has 1 unspecified atom stereocenters. The van der Waals surface area contributed by atoms with Crippen molar-refractivity contribution in [3.63, 3.8) is 0 Å². The molecule has 0 saturated heterocycles. The average Bonchev–Trinajstić information content (AvgIpc) is 2.46. The maximum absolute atomic E-state index is 12.3. The van der Waals surface area contributed by atoms with Gasteiger partial charge in [0.05, 0.1) is 6.61 Å². The minimum atomic E-state index is -0.110. The number of benzene rings is 1. The number of hydrogen-bond acceptors (Lipinski definition) is 3. The lowest BCUT2D eigenvalue weighted by Gasteiger charge is -2.29. The first-order valence-electron chi connectivity index (χ1n) is 6.89. The highest BCUT2D eigenvalue weighted by atomic mass is 16.5. The maximum atomic E-state index is 12.3. The van der Waals surface area contributed by atoms with Crippen LogP contribution in [0.15, 0.2) is 24.3 Å². The molecule has 1 N–H and O–H groups in total. The highest BCUT2D eigenvalue weighted by Crippen LogP contribution is 2.24. The number of carbonyl (C=O) groups is 1. The molecule has 4 heteroatoms. The summed E-state index contributed by atoms with van der Waals surface area (Å²) in [5.41, 5.74) is 2.38. The van der Waals surface area contributed by atoms with Crippen molar-refractivity contribution in [2.75, 3.05) is 32.1 Å². The molecule has 0 fully saturated rings. The van der Waals surface area contributed by atoms with E-state index >= 15 is 0 Å². The summed E-state index contributed by atoms with van der Waals surface area (Å²) in [5.74, 6) is 0.147. The van der Waals surface area contributed by atoms with E-state index in [1.54, 1.807) is 4.90 Å². The predicted octanol–water partition coefficient (Wildman–Crippen LogP) is 1.91. The third-order valence-electron chi connectivity index (χ3n) is 3.50. The fourth-order valence-corrected chi connectivity index (χ4v) is 2.35. The quantitative estimate of drug-likeness (QED) is 0.824. The Hall–Kier alpha value is -1.55. The summed E-state index contributed by atoms with van der Waals surface area (Å²) in [6.07, 6.45) is 1.81. The lowest BCUT2D eigenvalue weighted by molar-refractivity contribution is -0.131. The predicted molar refractivity (Wildman–Crippen MR) is 76.3 cm³/mol.